The Kier molecular flexibility index (Phi) is 5.96. The van der Waals surface area contributed by atoms with Crippen molar-refractivity contribution in [1.82, 2.24) is 20.2 Å². The van der Waals surface area contributed by atoms with Gasteiger partial charge in [-0.3, -0.25) is 0 Å². The third-order valence-electron chi connectivity index (χ3n) is 5.21. The lowest BCUT2D eigenvalue weighted by molar-refractivity contribution is 0.582. The van der Waals surface area contributed by atoms with Gasteiger partial charge in [0.25, 0.3) is 5.89 Å². The van der Waals surface area contributed by atoms with E-state index in [1.54, 1.807) is 38.1 Å². The maximum atomic E-state index is 12.4. The first-order valence-corrected chi connectivity index (χ1v) is 11.9. The van der Waals surface area contributed by atoms with Gasteiger partial charge in [0.05, 0.1) is 22.0 Å². The van der Waals surface area contributed by atoms with Gasteiger partial charge in [0, 0.05) is 17.2 Å². The molecule has 4 aromatic rings. The molecule has 0 saturated heterocycles. The smallest absolute Gasteiger partial charge is 0.270 e. The van der Waals surface area contributed by atoms with E-state index in [9.17, 15) is 8.42 Å². The Morgan fingerprint density at radius 2 is 1.48 bits per heavy atom. The van der Waals surface area contributed by atoms with Crippen molar-refractivity contribution in [2.45, 2.75) is 37.0 Å². The molecule has 0 spiro atoms. The number of anilines is 1. The second-order valence-corrected chi connectivity index (χ2v) is 10.4. The Morgan fingerprint density at radius 3 is 2.09 bits per heavy atom. The van der Waals surface area contributed by atoms with Crippen LogP contribution < -0.4 is 11.5 Å². The fourth-order valence-electron chi connectivity index (χ4n) is 3.15. The van der Waals surface area contributed by atoms with Crippen LogP contribution in [0.1, 0.15) is 32.4 Å². The summed E-state index contributed by atoms with van der Waals surface area (Å²) < 4.78 is 30.5. The van der Waals surface area contributed by atoms with Crippen LogP contribution in [0.15, 0.2) is 64.0 Å². The summed E-state index contributed by atoms with van der Waals surface area (Å²) in [7, 11) is -3.36. The topological polar surface area (TPSA) is 151 Å². The minimum Gasteiger partial charge on any atom is -0.414 e. The van der Waals surface area contributed by atoms with E-state index < -0.39 is 15.1 Å². The lowest BCUT2D eigenvalue weighted by Crippen LogP contribution is -2.13. The molecular weight excluding hydrogens is 440 g/mol. The van der Waals surface area contributed by atoms with E-state index in [-0.39, 0.29) is 28.3 Å². The molecule has 4 rings (SSSR count). The molecule has 0 aliphatic heterocycles. The van der Waals surface area contributed by atoms with Gasteiger partial charge >= 0.3 is 0 Å². The van der Waals surface area contributed by atoms with Crippen LogP contribution in [0.2, 0.25) is 0 Å². The van der Waals surface area contributed by atoms with E-state index in [4.69, 9.17) is 15.9 Å². The summed E-state index contributed by atoms with van der Waals surface area (Å²) in [6, 6.07) is 13.9. The zero-order valence-corrected chi connectivity index (χ0v) is 19.2. The molecule has 0 radical (unpaired) electrons. The Morgan fingerprint density at radius 1 is 0.879 bits per heavy atom. The summed E-state index contributed by atoms with van der Waals surface area (Å²) in [4.78, 5) is 8.99. The minimum atomic E-state index is -3.36. The van der Waals surface area contributed by atoms with E-state index in [1.807, 2.05) is 31.2 Å². The Bertz CT molecular complexity index is 1380. The molecule has 0 amide bonds. The highest BCUT2D eigenvalue weighted by molar-refractivity contribution is 7.92. The highest BCUT2D eigenvalue weighted by Gasteiger charge is 2.20. The molecular formula is C23H24N6O3S. The standard InChI is InChI=1S/C23H24N6O3S/c1-13(2)33(30,31)18-10-8-16(9-11-18)19-12-26-21(25)20(27-19)23-29-28-22(32-23)17-6-4-15(5-7-17)14(3)24/h4-14H,24H2,1-3H3,(H2,25,26)/t14-/m0/s1. The lowest BCUT2D eigenvalue weighted by atomic mass is 10.1. The van der Waals surface area contributed by atoms with Crippen LogP contribution in [0, 0.1) is 0 Å². The molecule has 1 atom stereocenters. The summed E-state index contributed by atoms with van der Waals surface area (Å²) in [5.41, 5.74) is 15.1. The summed E-state index contributed by atoms with van der Waals surface area (Å²) in [5.74, 6) is 0.587. The number of benzene rings is 2. The molecule has 0 bridgehead atoms. The zero-order chi connectivity index (χ0) is 23.8. The summed E-state index contributed by atoms with van der Waals surface area (Å²) in [6.07, 6.45) is 1.51. The predicted molar refractivity (Wildman–Crippen MR) is 126 cm³/mol. The number of rotatable bonds is 6. The zero-order valence-electron chi connectivity index (χ0n) is 18.4. The molecule has 2 heterocycles. The highest BCUT2D eigenvalue weighted by atomic mass is 32.2. The van der Waals surface area contributed by atoms with Crippen LogP contribution in [0.4, 0.5) is 5.82 Å². The summed E-state index contributed by atoms with van der Waals surface area (Å²) >= 11 is 0. The Labute approximate surface area is 191 Å². The van der Waals surface area contributed by atoms with Gasteiger partial charge in [0.15, 0.2) is 21.3 Å². The first-order valence-electron chi connectivity index (χ1n) is 10.3. The number of nitrogens with zero attached hydrogens (tertiary/aromatic N) is 4. The largest absolute Gasteiger partial charge is 0.414 e. The van der Waals surface area contributed by atoms with E-state index in [2.05, 4.69) is 20.2 Å². The molecule has 33 heavy (non-hydrogen) atoms. The molecule has 4 N–H and O–H groups in total. The number of sulfone groups is 1. The summed E-state index contributed by atoms with van der Waals surface area (Å²) in [5, 5.41) is 7.67. The van der Waals surface area contributed by atoms with Crippen LogP contribution in [-0.2, 0) is 9.84 Å². The van der Waals surface area contributed by atoms with Crippen LogP contribution in [0.3, 0.4) is 0 Å². The lowest BCUT2D eigenvalue weighted by Gasteiger charge is -2.09. The second-order valence-electron chi connectivity index (χ2n) is 7.93. The van der Waals surface area contributed by atoms with Crippen molar-refractivity contribution in [3.63, 3.8) is 0 Å². The summed E-state index contributed by atoms with van der Waals surface area (Å²) in [6.45, 7) is 5.20. The van der Waals surface area contributed by atoms with Crippen molar-refractivity contribution < 1.29 is 12.8 Å². The van der Waals surface area contributed by atoms with Gasteiger partial charge in [0.2, 0.25) is 5.89 Å². The fourth-order valence-corrected chi connectivity index (χ4v) is 4.21. The Balaban J connectivity index is 1.65. The first kappa shape index (κ1) is 22.6. The van der Waals surface area contributed by atoms with Gasteiger partial charge in [0.1, 0.15) is 0 Å². The Hall–Kier alpha value is -3.63. The molecule has 0 unspecified atom stereocenters. The predicted octanol–water partition coefficient (Wildman–Crippen LogP) is 3.64. The molecule has 0 saturated carbocycles. The molecule has 0 aliphatic rings. The van der Waals surface area contributed by atoms with Gasteiger partial charge in [-0.15, -0.1) is 10.2 Å². The average Bonchev–Trinajstić information content (AvgIpc) is 3.29. The van der Waals surface area contributed by atoms with Gasteiger partial charge in [-0.05, 0) is 50.6 Å². The minimum absolute atomic E-state index is 0.0744. The maximum absolute atomic E-state index is 12.4. The SMILES string of the molecule is CC(C)S(=O)(=O)c1ccc(-c2cnc(N)c(-c3nnc(-c4ccc([C@H](C)N)cc4)o3)n2)cc1. The van der Waals surface area contributed by atoms with Crippen LogP contribution in [-0.4, -0.2) is 33.8 Å². The fraction of sp³-hybridized carbons (Fsp3) is 0.217. The van der Waals surface area contributed by atoms with Crippen LogP contribution >= 0.6 is 0 Å². The molecule has 0 aliphatic carbocycles. The van der Waals surface area contributed by atoms with Gasteiger partial charge in [-0.1, -0.05) is 24.3 Å². The third kappa shape index (κ3) is 4.48. The number of hydrogen-bond donors (Lipinski definition) is 2. The molecule has 10 heteroatoms. The normalized spacial score (nSPS) is 12.8. The van der Waals surface area contributed by atoms with E-state index in [0.717, 1.165) is 11.1 Å². The molecule has 9 nitrogen and oxygen atoms in total. The van der Waals surface area contributed by atoms with E-state index in [0.29, 0.717) is 17.1 Å². The quantitative estimate of drug-likeness (QED) is 0.435. The van der Waals surface area contributed by atoms with Crippen molar-refractivity contribution in [1.29, 1.82) is 0 Å². The van der Waals surface area contributed by atoms with Crippen molar-refractivity contribution in [2.75, 3.05) is 5.73 Å². The third-order valence-corrected chi connectivity index (χ3v) is 7.38. The number of nitrogen functional groups attached to an aromatic ring is 1. The van der Waals surface area contributed by atoms with E-state index >= 15 is 0 Å². The first-order chi connectivity index (χ1) is 15.7. The van der Waals surface area contributed by atoms with Crippen molar-refractivity contribution in [3.05, 3.63) is 60.3 Å². The van der Waals surface area contributed by atoms with Crippen molar-refractivity contribution >= 4 is 15.7 Å². The number of hydrogen-bond acceptors (Lipinski definition) is 9. The molecule has 2 aromatic heterocycles. The van der Waals surface area contributed by atoms with Crippen molar-refractivity contribution in [2.24, 2.45) is 5.73 Å². The highest BCUT2D eigenvalue weighted by Crippen LogP contribution is 2.29. The van der Waals surface area contributed by atoms with Crippen molar-refractivity contribution in [3.8, 4) is 34.3 Å². The van der Waals surface area contributed by atoms with E-state index in [1.165, 1.54) is 6.20 Å². The number of nitrogens with two attached hydrogens (primary N) is 2. The van der Waals surface area contributed by atoms with Crippen LogP contribution in [0.25, 0.3) is 34.3 Å². The van der Waals surface area contributed by atoms with Gasteiger partial charge in [-0.2, -0.15) is 0 Å². The number of aromatic nitrogens is 4. The molecule has 2 aromatic carbocycles. The monoisotopic (exact) mass is 464 g/mol. The maximum Gasteiger partial charge on any atom is 0.270 e. The molecule has 170 valence electrons. The van der Waals surface area contributed by atoms with Crippen LogP contribution in [0.5, 0.6) is 0 Å². The van der Waals surface area contributed by atoms with Gasteiger partial charge < -0.3 is 15.9 Å². The second kappa shape index (κ2) is 8.72. The van der Waals surface area contributed by atoms with Gasteiger partial charge in [-0.25, -0.2) is 18.4 Å². The average molecular weight is 465 g/mol. The molecule has 0 fully saturated rings.